The Morgan fingerprint density at radius 3 is 2.33 bits per heavy atom. The van der Waals surface area contributed by atoms with E-state index < -0.39 is 0 Å². The minimum absolute atomic E-state index is 0.399. The van der Waals surface area contributed by atoms with Crippen LogP contribution in [0.3, 0.4) is 0 Å². The van der Waals surface area contributed by atoms with Gasteiger partial charge in [-0.05, 0) is 29.1 Å². The molecule has 1 aliphatic rings. The van der Waals surface area contributed by atoms with Crippen molar-refractivity contribution in [1.82, 2.24) is 0 Å². The van der Waals surface area contributed by atoms with E-state index in [9.17, 15) is 0 Å². The molecule has 1 aliphatic heterocycles. The average Bonchev–Trinajstić information content (AvgIpc) is 2.44. The summed E-state index contributed by atoms with van der Waals surface area (Å²) in [5.74, 6) is 1.00. The molecule has 1 nitrogen and oxygen atoms in total. The monoisotopic (exact) mass is 295 g/mol. The first kappa shape index (κ1) is 14.6. The lowest BCUT2D eigenvalue weighted by Gasteiger charge is -2.30. The van der Waals surface area contributed by atoms with Crippen LogP contribution in [0.25, 0.3) is 0 Å². The molecule has 21 heavy (non-hydrogen) atoms. The van der Waals surface area contributed by atoms with Gasteiger partial charge >= 0.3 is 0 Å². The number of benzene rings is 2. The van der Waals surface area contributed by atoms with Crippen molar-refractivity contribution in [2.24, 2.45) is 0 Å². The van der Waals surface area contributed by atoms with Gasteiger partial charge in [-0.25, -0.2) is 0 Å². The highest BCUT2D eigenvalue weighted by Crippen LogP contribution is 2.35. The van der Waals surface area contributed by atoms with E-state index in [4.69, 9.17) is 5.73 Å². The number of nitrogen functional groups attached to an aromatic ring is 1. The molecule has 2 aromatic rings. The highest BCUT2D eigenvalue weighted by Gasteiger charge is 2.34. The molecule has 0 saturated heterocycles. The molecule has 0 aliphatic carbocycles. The standard InChI is InChI=1S/C18H22BNS/c1-11(2)13-9-10-16-17(18(13)20)19(12(3)4)14-7-5-6-8-15(14)21-16/h5-12H,20H2,1-4H3. The van der Waals surface area contributed by atoms with Crippen LogP contribution < -0.4 is 16.7 Å². The summed E-state index contributed by atoms with van der Waals surface area (Å²) in [6.07, 6.45) is 0. The van der Waals surface area contributed by atoms with Gasteiger partial charge in [-0.2, -0.15) is 0 Å². The molecule has 1 heterocycles. The fourth-order valence-electron chi connectivity index (χ4n) is 3.34. The van der Waals surface area contributed by atoms with Crippen LogP contribution in [0.15, 0.2) is 46.2 Å². The van der Waals surface area contributed by atoms with Crippen LogP contribution in [0, 0.1) is 0 Å². The third-order valence-electron chi connectivity index (χ3n) is 4.35. The molecule has 2 aromatic carbocycles. The van der Waals surface area contributed by atoms with Gasteiger partial charge in [-0.15, -0.1) is 0 Å². The van der Waals surface area contributed by atoms with Gasteiger partial charge in [0.05, 0.1) is 0 Å². The Bertz CT molecular complexity index is 679. The molecule has 0 fully saturated rings. The second-order valence-electron chi connectivity index (χ2n) is 6.50. The summed E-state index contributed by atoms with van der Waals surface area (Å²) < 4.78 is 0. The van der Waals surface area contributed by atoms with E-state index in [1.165, 1.54) is 26.3 Å². The van der Waals surface area contributed by atoms with Crippen LogP contribution >= 0.6 is 11.8 Å². The van der Waals surface area contributed by atoms with Crippen molar-refractivity contribution < 1.29 is 0 Å². The first-order valence-electron chi connectivity index (χ1n) is 7.69. The second kappa shape index (κ2) is 5.45. The Kier molecular flexibility index (Phi) is 3.79. The van der Waals surface area contributed by atoms with Crippen molar-refractivity contribution in [3.63, 3.8) is 0 Å². The molecule has 3 rings (SSSR count). The number of rotatable bonds is 2. The predicted molar refractivity (Wildman–Crippen MR) is 95.6 cm³/mol. The molecule has 0 amide bonds. The molecule has 3 heteroatoms. The Balaban J connectivity index is 2.24. The zero-order valence-corrected chi connectivity index (χ0v) is 14.0. The van der Waals surface area contributed by atoms with Gasteiger partial charge in [-0.1, -0.05) is 75.0 Å². The molecule has 0 atom stereocenters. The van der Waals surface area contributed by atoms with Crippen LogP contribution in [-0.2, 0) is 0 Å². The highest BCUT2D eigenvalue weighted by atomic mass is 32.2. The molecule has 0 unspecified atom stereocenters. The average molecular weight is 295 g/mol. The fourth-order valence-corrected chi connectivity index (χ4v) is 4.52. The Morgan fingerprint density at radius 2 is 1.67 bits per heavy atom. The quantitative estimate of drug-likeness (QED) is 0.672. The lowest BCUT2D eigenvalue weighted by molar-refractivity contribution is 0.869. The summed E-state index contributed by atoms with van der Waals surface area (Å²) in [7, 11) is 0. The van der Waals surface area contributed by atoms with Gasteiger partial charge in [0.25, 0.3) is 0 Å². The van der Waals surface area contributed by atoms with Crippen molar-refractivity contribution in [2.75, 3.05) is 5.73 Å². The maximum Gasteiger partial charge on any atom is 0.217 e. The van der Waals surface area contributed by atoms with Crippen LogP contribution in [0.1, 0.15) is 39.2 Å². The van der Waals surface area contributed by atoms with Crippen LogP contribution in [0.2, 0.25) is 5.82 Å². The third-order valence-corrected chi connectivity index (χ3v) is 5.52. The summed E-state index contributed by atoms with van der Waals surface area (Å²) in [6, 6.07) is 13.2. The van der Waals surface area contributed by atoms with E-state index in [2.05, 4.69) is 64.1 Å². The minimum atomic E-state index is 0.399. The second-order valence-corrected chi connectivity index (χ2v) is 7.58. The Morgan fingerprint density at radius 1 is 0.952 bits per heavy atom. The van der Waals surface area contributed by atoms with E-state index >= 15 is 0 Å². The normalized spacial score (nSPS) is 13.5. The van der Waals surface area contributed by atoms with Gasteiger partial charge < -0.3 is 5.73 Å². The lowest BCUT2D eigenvalue weighted by atomic mass is 9.34. The van der Waals surface area contributed by atoms with Gasteiger partial charge in [0.2, 0.25) is 6.71 Å². The van der Waals surface area contributed by atoms with Crippen LogP contribution in [0.5, 0.6) is 0 Å². The lowest BCUT2D eigenvalue weighted by Crippen LogP contribution is -2.50. The topological polar surface area (TPSA) is 26.0 Å². The molecule has 2 N–H and O–H groups in total. The minimum Gasteiger partial charge on any atom is -0.399 e. The van der Waals surface area contributed by atoms with Crippen molar-refractivity contribution in [3.8, 4) is 0 Å². The van der Waals surface area contributed by atoms with Crippen LogP contribution in [0.4, 0.5) is 5.69 Å². The fraction of sp³-hybridized carbons (Fsp3) is 0.333. The largest absolute Gasteiger partial charge is 0.399 e. The summed E-state index contributed by atoms with van der Waals surface area (Å²) in [6.45, 7) is 9.42. The SMILES string of the molecule is CC(C)B1c2ccccc2Sc2ccc(C(C)C)c(N)c21. The first-order chi connectivity index (χ1) is 10.0. The highest BCUT2D eigenvalue weighted by molar-refractivity contribution is 8.00. The smallest absolute Gasteiger partial charge is 0.217 e. The summed E-state index contributed by atoms with van der Waals surface area (Å²) in [5, 5.41) is 0. The number of hydrogen-bond acceptors (Lipinski definition) is 2. The van der Waals surface area contributed by atoms with E-state index in [0.717, 1.165) is 5.69 Å². The molecule has 0 spiro atoms. The molecule has 0 radical (unpaired) electrons. The Hall–Kier alpha value is -1.35. The Labute approximate surface area is 132 Å². The molecule has 0 bridgehead atoms. The van der Waals surface area contributed by atoms with E-state index in [1.54, 1.807) is 0 Å². The van der Waals surface area contributed by atoms with Gasteiger partial charge in [0, 0.05) is 15.5 Å². The van der Waals surface area contributed by atoms with Gasteiger partial charge in [-0.3, -0.25) is 0 Å². The predicted octanol–water partition coefficient (Wildman–Crippen LogP) is 3.88. The number of anilines is 1. The number of hydrogen-bond donors (Lipinski definition) is 1. The third kappa shape index (κ3) is 2.38. The number of fused-ring (bicyclic) bond motifs is 2. The maximum atomic E-state index is 6.58. The summed E-state index contributed by atoms with van der Waals surface area (Å²) >= 11 is 1.86. The van der Waals surface area contributed by atoms with Crippen LogP contribution in [-0.4, -0.2) is 6.71 Å². The van der Waals surface area contributed by atoms with Crippen molar-refractivity contribution in [2.45, 2.75) is 49.2 Å². The first-order valence-corrected chi connectivity index (χ1v) is 8.51. The zero-order chi connectivity index (χ0) is 15.1. The number of nitrogens with two attached hydrogens (primary N) is 1. The summed E-state index contributed by atoms with van der Waals surface area (Å²) in [5.41, 5.74) is 11.6. The molecule has 0 saturated carbocycles. The summed E-state index contributed by atoms with van der Waals surface area (Å²) in [4.78, 5) is 2.70. The molecule has 108 valence electrons. The van der Waals surface area contributed by atoms with E-state index in [0.29, 0.717) is 18.4 Å². The van der Waals surface area contributed by atoms with Crippen molar-refractivity contribution in [1.29, 1.82) is 0 Å². The van der Waals surface area contributed by atoms with Gasteiger partial charge in [0.1, 0.15) is 0 Å². The van der Waals surface area contributed by atoms with E-state index in [-0.39, 0.29) is 0 Å². The maximum absolute atomic E-state index is 6.58. The molecular weight excluding hydrogens is 273 g/mol. The van der Waals surface area contributed by atoms with E-state index in [1.807, 2.05) is 11.8 Å². The molecular formula is C18H22BNS. The van der Waals surface area contributed by atoms with Crippen molar-refractivity contribution in [3.05, 3.63) is 42.0 Å². The zero-order valence-electron chi connectivity index (χ0n) is 13.2. The van der Waals surface area contributed by atoms with Crippen molar-refractivity contribution >= 4 is 35.1 Å². The molecule has 0 aromatic heterocycles. The van der Waals surface area contributed by atoms with Gasteiger partial charge in [0.15, 0.2) is 0 Å².